The maximum absolute atomic E-state index is 13.1. The number of nitrogens with zero attached hydrogens (tertiary/aromatic N) is 1. The van der Waals surface area contributed by atoms with Gasteiger partial charge in [0.2, 0.25) is 10.0 Å². The van der Waals surface area contributed by atoms with Crippen molar-refractivity contribution in [3.8, 4) is 5.75 Å². The number of hydrogen-bond donors (Lipinski definition) is 1. The molecule has 1 saturated heterocycles. The molecule has 3 unspecified atom stereocenters. The summed E-state index contributed by atoms with van der Waals surface area (Å²) in [6.45, 7) is 0.510. The first-order valence-electron chi connectivity index (χ1n) is 8.49. The number of rotatable bonds is 5. The van der Waals surface area contributed by atoms with Gasteiger partial charge in [-0.1, -0.05) is 12.1 Å². The van der Waals surface area contributed by atoms with E-state index in [1.54, 1.807) is 34.6 Å². The smallest absolute Gasteiger partial charge is 0.261 e. The molecule has 6 nitrogen and oxygen atoms in total. The van der Waals surface area contributed by atoms with Gasteiger partial charge in [0.15, 0.2) is 0 Å². The Morgan fingerprint density at radius 1 is 1.27 bits per heavy atom. The highest BCUT2D eigenvalue weighted by Gasteiger charge is 2.50. The zero-order valence-electron chi connectivity index (χ0n) is 14.3. The average molecular weight is 393 g/mol. The van der Waals surface area contributed by atoms with Gasteiger partial charge in [0.1, 0.15) is 5.75 Å². The van der Waals surface area contributed by atoms with Gasteiger partial charge in [-0.15, -0.1) is 11.3 Å². The van der Waals surface area contributed by atoms with Crippen LogP contribution in [0, 0.1) is 5.92 Å². The molecule has 0 spiro atoms. The van der Waals surface area contributed by atoms with Crippen molar-refractivity contribution in [3.05, 3.63) is 46.7 Å². The largest absolute Gasteiger partial charge is 0.497 e. The molecule has 2 aromatic rings. The SMILES string of the molecule is COc1cccc(S(=O)(=O)N2CC3CC(NC(=O)c4cccs4)C2C3)c1. The van der Waals surface area contributed by atoms with E-state index in [2.05, 4.69) is 5.32 Å². The van der Waals surface area contributed by atoms with Gasteiger partial charge in [-0.3, -0.25) is 4.79 Å². The molecule has 2 heterocycles. The van der Waals surface area contributed by atoms with Gasteiger partial charge in [0.05, 0.1) is 16.9 Å². The molecule has 1 aliphatic heterocycles. The van der Waals surface area contributed by atoms with Crippen LogP contribution in [0.4, 0.5) is 0 Å². The fourth-order valence-electron chi connectivity index (χ4n) is 3.95. The first kappa shape index (κ1) is 17.5. The lowest BCUT2D eigenvalue weighted by atomic mass is 10.1. The number of ether oxygens (including phenoxy) is 1. The van der Waals surface area contributed by atoms with E-state index >= 15 is 0 Å². The number of sulfonamides is 1. The highest BCUT2D eigenvalue weighted by molar-refractivity contribution is 7.89. The molecule has 1 saturated carbocycles. The Labute approximate surface area is 156 Å². The summed E-state index contributed by atoms with van der Waals surface area (Å²) in [4.78, 5) is 13.2. The molecule has 1 N–H and O–H groups in total. The van der Waals surface area contributed by atoms with E-state index in [0.717, 1.165) is 12.8 Å². The van der Waals surface area contributed by atoms with Gasteiger partial charge >= 0.3 is 0 Å². The predicted octanol–water partition coefficient (Wildman–Crippen LogP) is 2.34. The standard InChI is InChI=1S/C18H20N2O4S2/c1-24-13-4-2-5-14(10-13)26(22,23)20-11-12-8-15(16(20)9-12)19-18(21)17-6-3-7-25-17/h2-7,10,12,15-16H,8-9,11H2,1H3,(H,19,21). The minimum atomic E-state index is -3.62. The molecule has 2 fully saturated rings. The van der Waals surface area contributed by atoms with Crippen LogP contribution >= 0.6 is 11.3 Å². The fraction of sp³-hybridized carbons (Fsp3) is 0.389. The Balaban J connectivity index is 1.55. The number of thiophene rings is 1. The monoisotopic (exact) mass is 392 g/mol. The van der Waals surface area contributed by atoms with Crippen LogP contribution in [-0.2, 0) is 10.0 Å². The number of benzene rings is 1. The van der Waals surface area contributed by atoms with E-state index in [0.29, 0.717) is 17.2 Å². The van der Waals surface area contributed by atoms with E-state index < -0.39 is 10.0 Å². The molecule has 1 aliphatic carbocycles. The van der Waals surface area contributed by atoms with Crippen molar-refractivity contribution in [3.63, 3.8) is 0 Å². The van der Waals surface area contributed by atoms with Gasteiger partial charge in [0, 0.05) is 24.7 Å². The second-order valence-corrected chi connectivity index (χ2v) is 9.55. The molecule has 138 valence electrons. The number of carbonyl (C=O) groups excluding carboxylic acids is 1. The van der Waals surface area contributed by atoms with Crippen LogP contribution in [-0.4, -0.2) is 44.4 Å². The summed E-state index contributed by atoms with van der Waals surface area (Å²) < 4.78 is 32.9. The van der Waals surface area contributed by atoms with Crippen LogP contribution in [0.2, 0.25) is 0 Å². The molecule has 4 rings (SSSR count). The van der Waals surface area contributed by atoms with Crippen molar-refractivity contribution in [1.29, 1.82) is 0 Å². The molecule has 2 bridgehead atoms. The summed E-state index contributed by atoms with van der Waals surface area (Å²) in [6.07, 6.45) is 1.62. The van der Waals surface area contributed by atoms with Crippen LogP contribution in [0.5, 0.6) is 5.75 Å². The lowest BCUT2D eigenvalue weighted by Gasteiger charge is -2.32. The van der Waals surface area contributed by atoms with Crippen molar-refractivity contribution in [2.24, 2.45) is 5.92 Å². The van der Waals surface area contributed by atoms with Gasteiger partial charge in [0.25, 0.3) is 5.91 Å². The Hall–Kier alpha value is -1.90. The number of fused-ring (bicyclic) bond motifs is 2. The lowest BCUT2D eigenvalue weighted by molar-refractivity contribution is 0.0921. The van der Waals surface area contributed by atoms with Crippen LogP contribution < -0.4 is 10.1 Å². The number of hydrogen-bond acceptors (Lipinski definition) is 5. The van der Waals surface area contributed by atoms with Gasteiger partial charge in [-0.2, -0.15) is 4.31 Å². The quantitative estimate of drug-likeness (QED) is 0.847. The maximum atomic E-state index is 13.1. The molecule has 8 heteroatoms. The van der Waals surface area contributed by atoms with E-state index in [1.165, 1.54) is 18.4 Å². The molecule has 2 aliphatic rings. The number of carbonyl (C=O) groups is 1. The summed E-state index contributed by atoms with van der Waals surface area (Å²) in [6, 6.07) is 9.79. The number of piperidine rings is 1. The van der Waals surface area contributed by atoms with Crippen LogP contribution in [0.25, 0.3) is 0 Å². The zero-order valence-corrected chi connectivity index (χ0v) is 15.9. The summed E-state index contributed by atoms with van der Waals surface area (Å²) >= 11 is 1.38. The first-order valence-corrected chi connectivity index (χ1v) is 10.8. The van der Waals surface area contributed by atoms with Crippen LogP contribution in [0.1, 0.15) is 22.5 Å². The van der Waals surface area contributed by atoms with E-state index in [-0.39, 0.29) is 28.8 Å². The van der Waals surface area contributed by atoms with Crippen molar-refractivity contribution in [1.82, 2.24) is 9.62 Å². The molecular formula is C18H20N2O4S2. The minimum absolute atomic E-state index is 0.128. The van der Waals surface area contributed by atoms with Crippen molar-refractivity contribution in [2.45, 2.75) is 29.8 Å². The van der Waals surface area contributed by atoms with Gasteiger partial charge in [-0.25, -0.2) is 8.42 Å². The second-order valence-electron chi connectivity index (χ2n) is 6.72. The molecule has 1 aromatic carbocycles. The van der Waals surface area contributed by atoms with Crippen molar-refractivity contribution >= 4 is 27.3 Å². The Kier molecular flexibility index (Phi) is 4.50. The van der Waals surface area contributed by atoms with E-state index in [9.17, 15) is 13.2 Å². The second kappa shape index (κ2) is 6.68. The minimum Gasteiger partial charge on any atom is -0.497 e. The Bertz CT molecular complexity index is 911. The summed E-state index contributed by atoms with van der Waals surface area (Å²) in [5, 5.41) is 4.89. The van der Waals surface area contributed by atoms with E-state index in [4.69, 9.17) is 4.74 Å². The molecule has 26 heavy (non-hydrogen) atoms. The maximum Gasteiger partial charge on any atom is 0.261 e. The Morgan fingerprint density at radius 2 is 2.12 bits per heavy atom. The number of amides is 1. The van der Waals surface area contributed by atoms with Crippen LogP contribution in [0.15, 0.2) is 46.7 Å². The third-order valence-electron chi connectivity index (χ3n) is 5.14. The summed E-state index contributed by atoms with van der Waals surface area (Å²) in [5.41, 5.74) is 0. The highest BCUT2D eigenvalue weighted by atomic mass is 32.2. The zero-order chi connectivity index (χ0) is 18.3. The molecule has 1 amide bonds. The summed E-state index contributed by atoms with van der Waals surface area (Å²) in [5.74, 6) is 0.670. The fourth-order valence-corrected chi connectivity index (χ4v) is 6.36. The van der Waals surface area contributed by atoms with Crippen molar-refractivity contribution in [2.75, 3.05) is 13.7 Å². The Morgan fingerprint density at radius 3 is 2.81 bits per heavy atom. The average Bonchev–Trinajstić information content (AvgIpc) is 3.38. The normalized spacial score (nSPS) is 25.3. The number of methoxy groups -OCH3 is 1. The summed E-state index contributed by atoms with van der Waals surface area (Å²) in [7, 11) is -2.11. The third kappa shape index (κ3) is 3.02. The first-order chi connectivity index (χ1) is 12.5. The number of nitrogens with one attached hydrogen (secondary N) is 1. The van der Waals surface area contributed by atoms with Crippen LogP contribution in [0.3, 0.4) is 0 Å². The highest BCUT2D eigenvalue weighted by Crippen LogP contribution is 2.41. The topological polar surface area (TPSA) is 75.7 Å². The molecular weight excluding hydrogens is 372 g/mol. The lowest BCUT2D eigenvalue weighted by Crippen LogP contribution is -2.51. The predicted molar refractivity (Wildman–Crippen MR) is 99.0 cm³/mol. The molecule has 3 atom stereocenters. The molecule has 1 aromatic heterocycles. The van der Waals surface area contributed by atoms with Crippen molar-refractivity contribution < 1.29 is 17.9 Å². The van der Waals surface area contributed by atoms with Gasteiger partial charge < -0.3 is 10.1 Å². The van der Waals surface area contributed by atoms with Gasteiger partial charge in [-0.05, 0) is 42.3 Å². The molecule has 0 radical (unpaired) electrons. The third-order valence-corrected chi connectivity index (χ3v) is 7.90. The van der Waals surface area contributed by atoms with E-state index in [1.807, 2.05) is 11.4 Å².